The lowest BCUT2D eigenvalue weighted by atomic mass is 10.1. The molecule has 2 aromatic heterocycles. The van der Waals surface area contributed by atoms with Crippen LogP contribution in [0.15, 0.2) is 16.9 Å². The van der Waals surface area contributed by atoms with Crippen molar-refractivity contribution in [2.24, 2.45) is 0 Å². The number of nitrogens with one attached hydrogen (secondary N) is 1. The fraction of sp³-hybridized carbons (Fsp3) is 0.571. The van der Waals surface area contributed by atoms with E-state index in [2.05, 4.69) is 17.0 Å². The van der Waals surface area contributed by atoms with E-state index in [4.69, 9.17) is 0 Å². The van der Waals surface area contributed by atoms with Gasteiger partial charge in [-0.2, -0.15) is 0 Å². The number of pyridine rings is 1. The van der Waals surface area contributed by atoms with Gasteiger partial charge in [0.05, 0.1) is 0 Å². The minimum absolute atomic E-state index is 0.00713. The molecule has 96 valence electrons. The average Bonchev–Trinajstić information content (AvgIpc) is 2.97. The van der Waals surface area contributed by atoms with Crippen molar-refractivity contribution in [3.05, 3.63) is 33.9 Å². The Bertz CT molecular complexity index is 605. The van der Waals surface area contributed by atoms with E-state index in [1.165, 1.54) is 25.7 Å². The second-order valence-electron chi connectivity index (χ2n) is 5.24. The van der Waals surface area contributed by atoms with Gasteiger partial charge < -0.3 is 0 Å². The van der Waals surface area contributed by atoms with Crippen molar-refractivity contribution in [3.8, 4) is 0 Å². The first-order chi connectivity index (χ1) is 8.78. The van der Waals surface area contributed by atoms with Crippen LogP contribution in [0.3, 0.4) is 0 Å². The summed E-state index contributed by atoms with van der Waals surface area (Å²) in [6.07, 6.45) is 6.93. The maximum absolute atomic E-state index is 12.0. The highest BCUT2D eigenvalue weighted by Crippen LogP contribution is 2.32. The van der Waals surface area contributed by atoms with Crippen LogP contribution >= 0.6 is 0 Å². The summed E-state index contributed by atoms with van der Waals surface area (Å²) in [6, 6.07) is 3.74. The van der Waals surface area contributed by atoms with Crippen LogP contribution in [0.4, 0.5) is 0 Å². The van der Waals surface area contributed by atoms with Crippen molar-refractivity contribution in [2.45, 2.75) is 51.4 Å². The lowest BCUT2D eigenvalue weighted by Crippen LogP contribution is -2.14. The van der Waals surface area contributed by atoms with E-state index in [-0.39, 0.29) is 5.56 Å². The number of rotatable bonds is 3. The number of H-pyrrole nitrogens is 1. The van der Waals surface area contributed by atoms with Gasteiger partial charge >= 0.3 is 0 Å². The minimum atomic E-state index is 0.00713. The summed E-state index contributed by atoms with van der Waals surface area (Å²) in [5.74, 6) is 1.50. The zero-order valence-corrected chi connectivity index (χ0v) is 10.8. The first-order valence-corrected chi connectivity index (χ1v) is 6.89. The van der Waals surface area contributed by atoms with Gasteiger partial charge in [0.25, 0.3) is 5.56 Å². The third-order valence-corrected chi connectivity index (χ3v) is 3.81. The van der Waals surface area contributed by atoms with Gasteiger partial charge in [-0.25, -0.2) is 9.50 Å². The molecule has 2 heterocycles. The summed E-state index contributed by atoms with van der Waals surface area (Å²) in [4.78, 5) is 16.6. The molecule has 2 aromatic rings. The van der Waals surface area contributed by atoms with Crippen molar-refractivity contribution in [1.82, 2.24) is 14.6 Å². The molecular formula is C14H19N3O. The smallest absolute Gasteiger partial charge is 0.271 e. The Hall–Kier alpha value is -1.58. The van der Waals surface area contributed by atoms with Gasteiger partial charge in [-0.1, -0.05) is 26.2 Å². The number of aromatic nitrogens is 3. The number of aromatic amines is 1. The van der Waals surface area contributed by atoms with Crippen molar-refractivity contribution in [3.63, 3.8) is 0 Å². The molecule has 4 heteroatoms. The molecule has 0 amide bonds. The first kappa shape index (κ1) is 11.5. The average molecular weight is 245 g/mol. The molecule has 1 saturated carbocycles. The van der Waals surface area contributed by atoms with E-state index in [0.717, 1.165) is 29.9 Å². The Morgan fingerprint density at radius 1 is 1.39 bits per heavy atom. The van der Waals surface area contributed by atoms with Crippen LogP contribution in [-0.2, 0) is 6.42 Å². The second kappa shape index (κ2) is 4.59. The van der Waals surface area contributed by atoms with Crippen LogP contribution in [0.25, 0.3) is 5.65 Å². The molecule has 0 radical (unpaired) electrons. The topological polar surface area (TPSA) is 50.2 Å². The van der Waals surface area contributed by atoms with E-state index in [9.17, 15) is 4.79 Å². The van der Waals surface area contributed by atoms with E-state index in [1.54, 1.807) is 10.6 Å². The number of hydrogen-bond donors (Lipinski definition) is 1. The van der Waals surface area contributed by atoms with E-state index < -0.39 is 0 Å². The van der Waals surface area contributed by atoms with Gasteiger partial charge in [-0.3, -0.25) is 9.89 Å². The van der Waals surface area contributed by atoms with Crippen molar-refractivity contribution < 1.29 is 0 Å². The zero-order valence-electron chi connectivity index (χ0n) is 10.8. The van der Waals surface area contributed by atoms with Crippen LogP contribution in [0.5, 0.6) is 0 Å². The van der Waals surface area contributed by atoms with Crippen molar-refractivity contribution >= 4 is 5.65 Å². The molecule has 0 aliphatic heterocycles. The van der Waals surface area contributed by atoms with Crippen LogP contribution in [0, 0.1) is 0 Å². The third-order valence-electron chi connectivity index (χ3n) is 3.81. The predicted octanol–water partition coefficient (Wildman–Crippen LogP) is 2.63. The SMILES string of the molecule is CCCc1cc(=O)n2[nH]c(C3CCCC3)nc2c1. The Kier molecular flexibility index (Phi) is 2.94. The van der Waals surface area contributed by atoms with Crippen molar-refractivity contribution in [2.75, 3.05) is 0 Å². The van der Waals surface area contributed by atoms with E-state index in [0.29, 0.717) is 5.92 Å². The fourth-order valence-electron chi connectivity index (χ4n) is 2.88. The maximum Gasteiger partial charge on any atom is 0.271 e. The summed E-state index contributed by atoms with van der Waals surface area (Å²) in [5.41, 5.74) is 1.87. The van der Waals surface area contributed by atoms with E-state index in [1.807, 2.05) is 6.07 Å². The molecule has 3 rings (SSSR count). The summed E-state index contributed by atoms with van der Waals surface area (Å²) >= 11 is 0. The highest BCUT2D eigenvalue weighted by Gasteiger charge is 2.20. The van der Waals surface area contributed by atoms with Gasteiger partial charge in [0.2, 0.25) is 0 Å². The van der Waals surface area contributed by atoms with Crippen LogP contribution in [0.2, 0.25) is 0 Å². The van der Waals surface area contributed by atoms with E-state index >= 15 is 0 Å². The van der Waals surface area contributed by atoms with Gasteiger partial charge in [0.15, 0.2) is 5.65 Å². The van der Waals surface area contributed by atoms with Crippen LogP contribution in [0.1, 0.15) is 56.3 Å². The lowest BCUT2D eigenvalue weighted by molar-refractivity contribution is 0.663. The number of hydrogen-bond acceptors (Lipinski definition) is 2. The maximum atomic E-state index is 12.0. The monoisotopic (exact) mass is 245 g/mol. The molecular weight excluding hydrogens is 226 g/mol. The third kappa shape index (κ3) is 1.96. The lowest BCUT2D eigenvalue weighted by Gasteiger charge is -2.01. The molecule has 4 nitrogen and oxygen atoms in total. The molecule has 0 aromatic carbocycles. The molecule has 0 saturated heterocycles. The Labute approximate surface area is 106 Å². The molecule has 0 atom stereocenters. The minimum Gasteiger partial charge on any atom is -0.276 e. The molecule has 0 unspecified atom stereocenters. The molecule has 0 spiro atoms. The quantitative estimate of drug-likeness (QED) is 0.903. The fourth-order valence-corrected chi connectivity index (χ4v) is 2.88. The van der Waals surface area contributed by atoms with Gasteiger partial charge in [-0.15, -0.1) is 0 Å². The first-order valence-electron chi connectivity index (χ1n) is 6.89. The molecule has 18 heavy (non-hydrogen) atoms. The normalized spacial score (nSPS) is 16.7. The standard InChI is InChI=1S/C14H19N3O/c1-2-5-10-8-12-15-14(11-6-3-4-7-11)16-17(12)13(18)9-10/h8-9,11H,2-7H2,1H3,(H,15,16). The van der Waals surface area contributed by atoms with Gasteiger partial charge in [0.1, 0.15) is 5.82 Å². The second-order valence-corrected chi connectivity index (χ2v) is 5.24. The highest BCUT2D eigenvalue weighted by atomic mass is 16.1. The Morgan fingerprint density at radius 2 is 2.17 bits per heavy atom. The Morgan fingerprint density at radius 3 is 2.89 bits per heavy atom. The molecule has 1 N–H and O–H groups in total. The highest BCUT2D eigenvalue weighted by molar-refractivity contribution is 5.41. The van der Waals surface area contributed by atoms with Crippen LogP contribution in [-0.4, -0.2) is 14.6 Å². The summed E-state index contributed by atoms with van der Waals surface area (Å²) in [7, 11) is 0. The molecule has 1 aliphatic rings. The van der Waals surface area contributed by atoms with Gasteiger partial charge in [0, 0.05) is 12.0 Å². The number of aryl methyl sites for hydroxylation is 1. The van der Waals surface area contributed by atoms with Crippen molar-refractivity contribution in [1.29, 1.82) is 0 Å². The molecule has 0 bridgehead atoms. The summed E-state index contributed by atoms with van der Waals surface area (Å²) in [5, 5.41) is 3.17. The largest absolute Gasteiger partial charge is 0.276 e. The molecule has 1 aliphatic carbocycles. The Balaban J connectivity index is 2.05. The van der Waals surface area contributed by atoms with Gasteiger partial charge in [-0.05, 0) is 30.9 Å². The molecule has 1 fully saturated rings. The zero-order chi connectivity index (χ0) is 12.5. The number of fused-ring (bicyclic) bond motifs is 1. The van der Waals surface area contributed by atoms with Crippen LogP contribution < -0.4 is 5.56 Å². The number of nitrogens with zero attached hydrogens (tertiary/aromatic N) is 2. The summed E-state index contributed by atoms with van der Waals surface area (Å²) < 4.78 is 1.58. The summed E-state index contributed by atoms with van der Waals surface area (Å²) in [6.45, 7) is 2.12. The predicted molar refractivity (Wildman–Crippen MR) is 71.0 cm³/mol.